The number of amides is 1. The molecule has 5 heteroatoms. The van der Waals surface area contributed by atoms with Crippen molar-refractivity contribution < 1.29 is 14.7 Å². The maximum atomic E-state index is 12.3. The molecule has 1 aliphatic carbocycles. The SMILES string of the molecule is O=C(O)CC1(NC(=O)c2ccccc2I)CCCC1. The van der Waals surface area contributed by atoms with E-state index in [1.165, 1.54) is 0 Å². The molecule has 2 rings (SSSR count). The van der Waals surface area contributed by atoms with E-state index in [0.29, 0.717) is 5.56 Å². The van der Waals surface area contributed by atoms with Gasteiger partial charge in [-0.25, -0.2) is 0 Å². The smallest absolute Gasteiger partial charge is 0.305 e. The van der Waals surface area contributed by atoms with E-state index < -0.39 is 11.5 Å². The van der Waals surface area contributed by atoms with Gasteiger partial charge in [0.05, 0.1) is 17.5 Å². The van der Waals surface area contributed by atoms with Crippen LogP contribution in [0.25, 0.3) is 0 Å². The lowest BCUT2D eigenvalue weighted by molar-refractivity contribution is -0.138. The molecule has 102 valence electrons. The summed E-state index contributed by atoms with van der Waals surface area (Å²) in [5.41, 5.74) is 0.0433. The lowest BCUT2D eigenvalue weighted by Crippen LogP contribution is -2.48. The minimum absolute atomic E-state index is 0.00214. The molecular weight excluding hydrogens is 357 g/mol. The highest BCUT2D eigenvalue weighted by Crippen LogP contribution is 2.33. The Hall–Kier alpha value is -1.11. The molecule has 0 bridgehead atoms. The van der Waals surface area contributed by atoms with Crippen molar-refractivity contribution in [2.45, 2.75) is 37.6 Å². The third-order valence-corrected chi connectivity index (χ3v) is 4.49. The van der Waals surface area contributed by atoms with E-state index in [-0.39, 0.29) is 12.3 Å². The minimum Gasteiger partial charge on any atom is -0.481 e. The zero-order chi connectivity index (χ0) is 13.9. The Labute approximate surface area is 125 Å². The van der Waals surface area contributed by atoms with Crippen LogP contribution in [-0.2, 0) is 4.79 Å². The Balaban J connectivity index is 2.16. The predicted molar refractivity (Wildman–Crippen MR) is 80.1 cm³/mol. The van der Waals surface area contributed by atoms with Crippen LogP contribution >= 0.6 is 22.6 Å². The number of carbonyl (C=O) groups excluding carboxylic acids is 1. The molecule has 0 unspecified atom stereocenters. The van der Waals surface area contributed by atoms with Crippen LogP contribution in [0.5, 0.6) is 0 Å². The lowest BCUT2D eigenvalue weighted by atomic mass is 9.92. The predicted octanol–water partition coefficient (Wildman–Crippen LogP) is 2.81. The number of hydrogen-bond donors (Lipinski definition) is 2. The van der Waals surface area contributed by atoms with Crippen LogP contribution in [0.15, 0.2) is 24.3 Å². The molecule has 0 radical (unpaired) electrons. The van der Waals surface area contributed by atoms with E-state index in [4.69, 9.17) is 5.11 Å². The minimum atomic E-state index is -0.857. The summed E-state index contributed by atoms with van der Waals surface area (Å²) in [4.78, 5) is 23.3. The molecule has 2 N–H and O–H groups in total. The average Bonchev–Trinajstić information content (AvgIpc) is 2.76. The van der Waals surface area contributed by atoms with Gasteiger partial charge in [0.2, 0.25) is 0 Å². The highest BCUT2D eigenvalue weighted by atomic mass is 127. The molecule has 1 aromatic carbocycles. The van der Waals surface area contributed by atoms with Crippen LogP contribution in [0.2, 0.25) is 0 Å². The summed E-state index contributed by atoms with van der Waals surface area (Å²) in [6.45, 7) is 0. The largest absolute Gasteiger partial charge is 0.481 e. The van der Waals surface area contributed by atoms with E-state index in [0.717, 1.165) is 29.3 Å². The van der Waals surface area contributed by atoms with Gasteiger partial charge in [0.25, 0.3) is 5.91 Å². The average molecular weight is 373 g/mol. The molecule has 0 spiro atoms. The number of hydrogen-bond acceptors (Lipinski definition) is 2. The highest BCUT2D eigenvalue weighted by Gasteiger charge is 2.37. The topological polar surface area (TPSA) is 66.4 Å². The van der Waals surface area contributed by atoms with Crippen molar-refractivity contribution in [2.24, 2.45) is 0 Å². The van der Waals surface area contributed by atoms with Gasteiger partial charge in [-0.3, -0.25) is 9.59 Å². The molecule has 1 amide bonds. The summed E-state index contributed by atoms with van der Waals surface area (Å²) in [5.74, 6) is -1.03. The molecule has 0 atom stereocenters. The second-order valence-electron chi connectivity index (χ2n) is 4.99. The van der Waals surface area contributed by atoms with Crippen LogP contribution < -0.4 is 5.32 Å². The third-order valence-electron chi connectivity index (χ3n) is 3.55. The zero-order valence-electron chi connectivity index (χ0n) is 10.5. The Morgan fingerprint density at radius 3 is 2.47 bits per heavy atom. The first kappa shape index (κ1) is 14.3. The third kappa shape index (κ3) is 3.46. The first-order valence-corrected chi connectivity index (χ1v) is 7.39. The van der Waals surface area contributed by atoms with Gasteiger partial charge in [-0.05, 0) is 47.6 Å². The number of halogens is 1. The van der Waals surface area contributed by atoms with Gasteiger partial charge in [-0.2, -0.15) is 0 Å². The molecule has 0 heterocycles. The molecule has 4 nitrogen and oxygen atoms in total. The summed E-state index contributed by atoms with van der Waals surface area (Å²) in [6, 6.07) is 7.32. The Morgan fingerprint density at radius 1 is 1.26 bits per heavy atom. The van der Waals surface area contributed by atoms with Gasteiger partial charge in [-0.1, -0.05) is 25.0 Å². The lowest BCUT2D eigenvalue weighted by Gasteiger charge is -2.28. The number of rotatable bonds is 4. The van der Waals surface area contributed by atoms with Crippen molar-refractivity contribution in [3.63, 3.8) is 0 Å². The van der Waals surface area contributed by atoms with Gasteiger partial charge >= 0.3 is 5.97 Å². The van der Waals surface area contributed by atoms with Crippen LogP contribution in [0.4, 0.5) is 0 Å². The summed E-state index contributed by atoms with van der Waals surface area (Å²) in [5, 5.41) is 12.0. The molecule has 1 aromatic rings. The number of carboxylic acids is 1. The molecule has 1 saturated carbocycles. The van der Waals surface area contributed by atoms with E-state index >= 15 is 0 Å². The molecule has 1 aliphatic rings. The molecule has 1 fully saturated rings. The number of carbonyl (C=O) groups is 2. The van der Waals surface area contributed by atoms with E-state index in [2.05, 4.69) is 27.9 Å². The second-order valence-corrected chi connectivity index (χ2v) is 6.15. The monoisotopic (exact) mass is 373 g/mol. The van der Waals surface area contributed by atoms with Gasteiger partial charge in [-0.15, -0.1) is 0 Å². The van der Waals surface area contributed by atoms with Gasteiger partial charge < -0.3 is 10.4 Å². The summed E-state index contributed by atoms with van der Waals surface area (Å²) in [6.07, 6.45) is 3.43. The molecular formula is C14H16INO3. The zero-order valence-corrected chi connectivity index (χ0v) is 12.6. The standard InChI is InChI=1S/C14H16INO3/c15-11-6-2-1-5-10(11)13(19)16-14(9-12(17)18)7-3-4-8-14/h1-2,5-6H,3-4,7-9H2,(H,16,19)(H,17,18). The number of benzene rings is 1. The van der Waals surface area contributed by atoms with E-state index in [9.17, 15) is 9.59 Å². The Morgan fingerprint density at radius 2 is 1.89 bits per heavy atom. The highest BCUT2D eigenvalue weighted by molar-refractivity contribution is 14.1. The molecule has 0 saturated heterocycles. The van der Waals surface area contributed by atoms with Crippen molar-refractivity contribution in [3.05, 3.63) is 33.4 Å². The number of nitrogens with one attached hydrogen (secondary N) is 1. The number of carboxylic acid groups (broad SMARTS) is 1. The fourth-order valence-electron chi connectivity index (χ4n) is 2.64. The summed E-state index contributed by atoms with van der Waals surface area (Å²) >= 11 is 2.12. The van der Waals surface area contributed by atoms with Gasteiger partial charge in [0, 0.05) is 3.57 Å². The Kier molecular flexibility index (Phi) is 4.44. The van der Waals surface area contributed by atoms with Crippen LogP contribution in [0.3, 0.4) is 0 Å². The molecule has 0 aromatic heterocycles. The van der Waals surface area contributed by atoms with Crippen molar-refractivity contribution in [1.82, 2.24) is 5.32 Å². The fraction of sp³-hybridized carbons (Fsp3) is 0.429. The Bertz CT molecular complexity index is 495. The van der Waals surface area contributed by atoms with Crippen molar-refractivity contribution >= 4 is 34.5 Å². The second kappa shape index (κ2) is 5.90. The molecule has 0 aliphatic heterocycles. The summed E-state index contributed by atoms with van der Waals surface area (Å²) in [7, 11) is 0. The van der Waals surface area contributed by atoms with Crippen molar-refractivity contribution in [2.75, 3.05) is 0 Å². The first-order valence-electron chi connectivity index (χ1n) is 6.31. The van der Waals surface area contributed by atoms with Crippen molar-refractivity contribution in [1.29, 1.82) is 0 Å². The van der Waals surface area contributed by atoms with Crippen LogP contribution in [0.1, 0.15) is 42.5 Å². The van der Waals surface area contributed by atoms with E-state index in [1.54, 1.807) is 6.07 Å². The summed E-state index contributed by atoms with van der Waals surface area (Å²) < 4.78 is 0.876. The normalized spacial score (nSPS) is 17.1. The number of aliphatic carboxylic acids is 1. The maximum absolute atomic E-state index is 12.3. The molecule has 19 heavy (non-hydrogen) atoms. The van der Waals surface area contributed by atoms with Crippen LogP contribution in [0, 0.1) is 3.57 Å². The fourth-order valence-corrected chi connectivity index (χ4v) is 3.27. The maximum Gasteiger partial charge on any atom is 0.305 e. The van der Waals surface area contributed by atoms with E-state index in [1.807, 2.05) is 18.2 Å². The van der Waals surface area contributed by atoms with Crippen LogP contribution in [-0.4, -0.2) is 22.5 Å². The van der Waals surface area contributed by atoms with Crippen molar-refractivity contribution in [3.8, 4) is 0 Å². The van der Waals surface area contributed by atoms with Gasteiger partial charge in [0.15, 0.2) is 0 Å². The van der Waals surface area contributed by atoms with Gasteiger partial charge in [0.1, 0.15) is 0 Å². The quantitative estimate of drug-likeness (QED) is 0.798. The first-order chi connectivity index (χ1) is 9.02.